The molecule has 0 spiro atoms. The second kappa shape index (κ2) is 10.3. The van der Waals surface area contributed by atoms with Crippen molar-refractivity contribution in [2.75, 3.05) is 44.1 Å². The third kappa shape index (κ3) is 5.12. The van der Waals surface area contributed by atoms with E-state index in [1.165, 1.54) is 11.3 Å². The smallest absolute Gasteiger partial charge is 0.348 e. The molecule has 35 heavy (non-hydrogen) atoms. The van der Waals surface area contributed by atoms with Crippen LogP contribution in [0.1, 0.15) is 32.3 Å². The molecular formula is C21H24Cl2N6O4S2. The number of aryl methyl sites for hydroxylation is 1. The molecule has 1 aliphatic heterocycles. The fraction of sp³-hybridized carbons (Fsp3) is 0.429. The average Bonchev–Trinajstić information content (AvgIpc) is 3.54. The summed E-state index contributed by atoms with van der Waals surface area (Å²) in [5, 5.41) is 16.4. The Labute approximate surface area is 219 Å². The number of halogens is 2. The number of aromatic nitrogens is 3. The van der Waals surface area contributed by atoms with Crippen molar-refractivity contribution in [1.82, 2.24) is 20.3 Å². The first-order valence-corrected chi connectivity index (χ1v) is 13.0. The van der Waals surface area contributed by atoms with Gasteiger partial charge in [0, 0.05) is 45.4 Å². The van der Waals surface area contributed by atoms with Gasteiger partial charge in [0.05, 0.1) is 22.2 Å². The Bertz CT molecular complexity index is 1260. The number of carbonyl (C=O) groups excluding carboxylic acids is 1. The van der Waals surface area contributed by atoms with Crippen LogP contribution in [-0.4, -0.2) is 78.4 Å². The highest BCUT2D eigenvalue weighted by atomic mass is 35.5. The Morgan fingerprint density at radius 3 is 2.63 bits per heavy atom. The van der Waals surface area contributed by atoms with Gasteiger partial charge in [0.2, 0.25) is 0 Å². The number of nitrogens with zero attached hydrogens (tertiary/aromatic N) is 4. The Morgan fingerprint density at radius 1 is 1.31 bits per heavy atom. The van der Waals surface area contributed by atoms with Crippen molar-refractivity contribution >= 4 is 68.0 Å². The van der Waals surface area contributed by atoms with Crippen LogP contribution in [0.25, 0.3) is 11.4 Å². The first-order chi connectivity index (χ1) is 16.6. The molecule has 1 saturated heterocycles. The zero-order valence-corrected chi connectivity index (χ0v) is 22.5. The number of aromatic carboxylic acids is 1. The van der Waals surface area contributed by atoms with Gasteiger partial charge < -0.3 is 29.9 Å². The normalized spacial score (nSPS) is 18.1. The quantitative estimate of drug-likeness (QED) is 0.397. The number of amides is 1. The van der Waals surface area contributed by atoms with Gasteiger partial charge >= 0.3 is 5.97 Å². The summed E-state index contributed by atoms with van der Waals surface area (Å²) < 4.78 is 5.67. The highest BCUT2D eigenvalue weighted by Crippen LogP contribution is 2.36. The molecule has 2 atom stereocenters. The molecule has 4 heterocycles. The van der Waals surface area contributed by atoms with Crippen LogP contribution in [0.2, 0.25) is 10.0 Å². The first kappa shape index (κ1) is 25.7. The number of H-pyrrole nitrogens is 1. The van der Waals surface area contributed by atoms with Crippen molar-refractivity contribution < 1.29 is 19.4 Å². The number of anilines is 2. The molecule has 0 unspecified atom stereocenters. The summed E-state index contributed by atoms with van der Waals surface area (Å²) in [4.78, 5) is 40.8. The van der Waals surface area contributed by atoms with E-state index < -0.39 is 5.97 Å². The number of rotatable bonds is 7. The van der Waals surface area contributed by atoms with Gasteiger partial charge in [0.1, 0.15) is 22.0 Å². The van der Waals surface area contributed by atoms with Crippen LogP contribution in [0.5, 0.6) is 0 Å². The minimum Gasteiger partial charge on any atom is -0.477 e. The van der Waals surface area contributed by atoms with E-state index in [0.717, 1.165) is 16.5 Å². The molecule has 1 amide bonds. The van der Waals surface area contributed by atoms with Crippen molar-refractivity contribution in [2.24, 2.45) is 0 Å². The van der Waals surface area contributed by atoms with Crippen LogP contribution in [-0.2, 0) is 4.74 Å². The zero-order chi connectivity index (χ0) is 25.4. The van der Waals surface area contributed by atoms with Crippen molar-refractivity contribution in [2.45, 2.75) is 25.5 Å². The van der Waals surface area contributed by atoms with Gasteiger partial charge in [-0.15, -0.1) is 11.3 Å². The molecule has 0 aliphatic carbocycles. The molecule has 3 N–H and O–H groups in total. The molecule has 0 aromatic carbocycles. The fourth-order valence-electron chi connectivity index (χ4n) is 3.80. The van der Waals surface area contributed by atoms with Crippen LogP contribution < -0.4 is 15.1 Å². The van der Waals surface area contributed by atoms with Crippen LogP contribution in [0.3, 0.4) is 0 Å². The number of ether oxygens (including phenoxy) is 1. The second-order valence-corrected chi connectivity index (χ2v) is 10.8. The lowest BCUT2D eigenvalue weighted by Crippen LogP contribution is -2.55. The predicted octanol–water partition coefficient (Wildman–Crippen LogP) is 4.00. The fourth-order valence-corrected chi connectivity index (χ4v) is 5.91. The summed E-state index contributed by atoms with van der Waals surface area (Å²) in [5.74, 6) is -1.42. The number of carbonyl (C=O) groups is 2. The van der Waals surface area contributed by atoms with E-state index in [4.69, 9.17) is 27.9 Å². The summed E-state index contributed by atoms with van der Waals surface area (Å²) in [6.07, 6.45) is 0.215. The van der Waals surface area contributed by atoms with E-state index in [9.17, 15) is 14.7 Å². The van der Waals surface area contributed by atoms with Gasteiger partial charge in [-0.2, -0.15) is 0 Å². The summed E-state index contributed by atoms with van der Waals surface area (Å²) in [5.41, 5.74) is 1.70. The molecular weight excluding hydrogens is 535 g/mol. The Balaban J connectivity index is 1.52. The molecule has 10 nitrogen and oxygen atoms in total. The lowest BCUT2D eigenvalue weighted by atomic mass is 10.0. The number of hydrogen-bond acceptors (Lipinski definition) is 9. The first-order valence-electron chi connectivity index (χ1n) is 10.6. The second-order valence-electron chi connectivity index (χ2n) is 8.23. The van der Waals surface area contributed by atoms with E-state index in [0.29, 0.717) is 46.7 Å². The monoisotopic (exact) mass is 558 g/mol. The number of thiazole rings is 2. The maximum Gasteiger partial charge on any atom is 0.348 e. The number of carboxylic acid groups (broad SMARTS) is 1. The maximum atomic E-state index is 12.8. The molecule has 14 heteroatoms. The van der Waals surface area contributed by atoms with Crippen LogP contribution in [0.4, 0.5) is 10.3 Å². The molecule has 1 aliphatic rings. The summed E-state index contributed by atoms with van der Waals surface area (Å²) in [7, 11) is 5.32. The topological polar surface area (TPSA) is 124 Å². The van der Waals surface area contributed by atoms with Gasteiger partial charge in [-0.3, -0.25) is 4.79 Å². The number of hydrogen-bond donors (Lipinski definition) is 3. The van der Waals surface area contributed by atoms with Crippen LogP contribution in [0, 0.1) is 6.92 Å². The van der Waals surface area contributed by atoms with Crippen LogP contribution >= 0.6 is 45.9 Å². The minimum atomic E-state index is -1.05. The predicted molar refractivity (Wildman–Crippen MR) is 139 cm³/mol. The largest absolute Gasteiger partial charge is 0.477 e. The zero-order valence-electron chi connectivity index (χ0n) is 19.4. The number of piperidine rings is 1. The average molecular weight is 560 g/mol. The number of carboxylic acids is 1. The number of aromatic amines is 1. The van der Waals surface area contributed by atoms with Crippen molar-refractivity contribution in [3.05, 3.63) is 31.7 Å². The summed E-state index contributed by atoms with van der Waals surface area (Å²) >= 11 is 14.8. The lowest BCUT2D eigenvalue weighted by molar-refractivity contribution is 0.0540. The Hall–Kier alpha value is -2.38. The van der Waals surface area contributed by atoms with Crippen LogP contribution in [0.15, 0.2) is 5.38 Å². The van der Waals surface area contributed by atoms with E-state index >= 15 is 0 Å². The third-order valence-corrected chi connectivity index (χ3v) is 8.72. The number of nitrogens with one attached hydrogen (secondary N) is 2. The summed E-state index contributed by atoms with van der Waals surface area (Å²) in [6, 6.07) is -0.276. The Kier molecular flexibility index (Phi) is 7.57. The van der Waals surface area contributed by atoms with Gasteiger partial charge in [0.15, 0.2) is 10.3 Å². The van der Waals surface area contributed by atoms with Crippen molar-refractivity contribution in [3.63, 3.8) is 0 Å². The Morgan fingerprint density at radius 2 is 2.06 bits per heavy atom. The van der Waals surface area contributed by atoms with Gasteiger partial charge in [-0.1, -0.05) is 34.5 Å². The molecule has 188 valence electrons. The van der Waals surface area contributed by atoms with E-state index in [2.05, 4.69) is 20.3 Å². The molecule has 1 fully saturated rings. The van der Waals surface area contributed by atoms with E-state index in [1.807, 2.05) is 23.9 Å². The van der Waals surface area contributed by atoms with Gasteiger partial charge in [-0.05, 0) is 13.3 Å². The third-order valence-electron chi connectivity index (χ3n) is 5.66. The molecule has 0 radical (unpaired) electrons. The molecule has 0 bridgehead atoms. The standard InChI is InChI=1S/C21H24Cl2N6O4S2/c1-9-13(22)14(23)16(24-9)18(30)25-10-5-6-29(7-12(10)33-4)21-27-15(17(35-21)19(31)32)11-8-34-20(26-11)28(2)3/h8,10,12,24H,5-7H2,1-4H3,(H,25,30)(H,31,32)/t10-,12+/m1/s1. The number of methoxy groups -OCH3 is 1. The molecule has 3 aromatic rings. The molecule has 3 aromatic heterocycles. The van der Waals surface area contributed by atoms with Gasteiger partial charge in [0.25, 0.3) is 5.91 Å². The van der Waals surface area contributed by atoms with Gasteiger partial charge in [-0.25, -0.2) is 14.8 Å². The van der Waals surface area contributed by atoms with E-state index in [1.54, 1.807) is 19.4 Å². The SMILES string of the molecule is CO[C@H]1CN(c2nc(-c3csc(N(C)C)n3)c(C(=O)O)s2)CC[C@H]1NC(=O)c1[nH]c(C)c(Cl)c1Cl. The van der Waals surface area contributed by atoms with E-state index in [-0.39, 0.29) is 33.6 Å². The van der Waals surface area contributed by atoms with Crippen molar-refractivity contribution in [3.8, 4) is 11.4 Å². The van der Waals surface area contributed by atoms with Crippen molar-refractivity contribution in [1.29, 1.82) is 0 Å². The lowest BCUT2D eigenvalue weighted by Gasteiger charge is -2.37. The maximum absolute atomic E-state index is 12.8. The minimum absolute atomic E-state index is 0.133. The highest BCUT2D eigenvalue weighted by Gasteiger charge is 2.34. The molecule has 0 saturated carbocycles. The summed E-state index contributed by atoms with van der Waals surface area (Å²) in [6.45, 7) is 2.71. The molecule has 4 rings (SSSR count). The highest BCUT2D eigenvalue weighted by molar-refractivity contribution is 7.18.